The summed E-state index contributed by atoms with van der Waals surface area (Å²) in [7, 11) is 1.81. The molecular formula is C40H36ClN3O4. The van der Waals surface area contributed by atoms with E-state index in [4.69, 9.17) is 21.1 Å². The molecule has 1 atom stereocenters. The zero-order valence-electron chi connectivity index (χ0n) is 26.6. The summed E-state index contributed by atoms with van der Waals surface area (Å²) in [5.74, 6) is 0.520. The van der Waals surface area contributed by atoms with Crippen molar-refractivity contribution in [2.24, 2.45) is 0 Å². The molecule has 0 aliphatic carbocycles. The number of halogens is 1. The first-order valence-electron chi connectivity index (χ1n) is 16.1. The molecule has 1 saturated heterocycles. The van der Waals surface area contributed by atoms with E-state index < -0.39 is 11.9 Å². The smallest absolute Gasteiger partial charge is 0.195 e. The molecule has 3 heterocycles. The minimum Gasteiger partial charge on any atom is -0.455 e. The minimum atomic E-state index is -1.40. The SMILES string of the molecule is COC1(Cc2ccccc2-c2ccc(Cl)cc2)CCN(c2ccc(C(O)C(=O)c3ccccc3)c(Oc3cnc4[nH]ccc4c3)c2)CC1. The van der Waals surface area contributed by atoms with Crippen molar-refractivity contribution in [3.05, 3.63) is 143 Å². The van der Waals surface area contributed by atoms with Crippen molar-refractivity contribution in [1.29, 1.82) is 0 Å². The van der Waals surface area contributed by atoms with Crippen LogP contribution in [-0.2, 0) is 11.2 Å². The largest absolute Gasteiger partial charge is 0.455 e. The van der Waals surface area contributed by atoms with E-state index in [1.54, 1.807) is 36.5 Å². The van der Waals surface area contributed by atoms with Crippen molar-refractivity contribution in [2.45, 2.75) is 31.0 Å². The van der Waals surface area contributed by atoms with Gasteiger partial charge in [0, 0.05) is 66.1 Å². The summed E-state index contributed by atoms with van der Waals surface area (Å²) in [5, 5.41) is 12.9. The molecule has 0 radical (unpaired) electrons. The van der Waals surface area contributed by atoms with Gasteiger partial charge in [0.1, 0.15) is 23.3 Å². The molecule has 4 aromatic carbocycles. The molecule has 7 nitrogen and oxygen atoms in total. The lowest BCUT2D eigenvalue weighted by Gasteiger charge is -2.42. The highest BCUT2D eigenvalue weighted by Crippen LogP contribution is 2.39. The third kappa shape index (κ3) is 6.58. The second kappa shape index (κ2) is 13.6. The number of carbonyl (C=O) groups is 1. The highest BCUT2D eigenvalue weighted by Gasteiger charge is 2.36. The number of carbonyl (C=O) groups excluding carboxylic acids is 1. The van der Waals surface area contributed by atoms with Crippen LogP contribution >= 0.6 is 11.6 Å². The average molecular weight is 658 g/mol. The first-order valence-corrected chi connectivity index (χ1v) is 16.5. The molecule has 0 saturated carbocycles. The van der Waals surface area contributed by atoms with E-state index in [0.717, 1.165) is 54.6 Å². The molecule has 2 N–H and O–H groups in total. The molecule has 6 aromatic rings. The minimum absolute atomic E-state index is 0.325. The number of benzene rings is 4. The van der Waals surface area contributed by atoms with E-state index in [1.807, 2.05) is 55.8 Å². The van der Waals surface area contributed by atoms with Crippen molar-refractivity contribution in [3.63, 3.8) is 0 Å². The summed E-state index contributed by atoms with van der Waals surface area (Å²) in [6.45, 7) is 1.52. The third-order valence-corrected chi connectivity index (χ3v) is 9.61. The number of nitrogens with one attached hydrogen (secondary N) is 1. The lowest BCUT2D eigenvalue weighted by molar-refractivity contribution is -0.0288. The first-order chi connectivity index (χ1) is 23.4. The molecular weight excluding hydrogens is 622 g/mol. The molecule has 1 unspecified atom stereocenters. The van der Waals surface area contributed by atoms with Crippen molar-refractivity contribution < 1.29 is 19.4 Å². The van der Waals surface area contributed by atoms with Gasteiger partial charge >= 0.3 is 0 Å². The maximum atomic E-state index is 13.3. The van der Waals surface area contributed by atoms with E-state index in [-0.39, 0.29) is 5.60 Å². The number of aliphatic hydroxyl groups is 1. The van der Waals surface area contributed by atoms with E-state index in [9.17, 15) is 9.90 Å². The highest BCUT2D eigenvalue weighted by molar-refractivity contribution is 6.30. The topological polar surface area (TPSA) is 87.7 Å². The van der Waals surface area contributed by atoms with Crippen molar-refractivity contribution in [2.75, 3.05) is 25.1 Å². The van der Waals surface area contributed by atoms with Crippen molar-refractivity contribution >= 4 is 34.1 Å². The Morgan fingerprint density at radius 1 is 0.958 bits per heavy atom. The van der Waals surface area contributed by atoms with Gasteiger partial charge in [0.2, 0.25) is 0 Å². The number of ether oxygens (including phenoxy) is 2. The van der Waals surface area contributed by atoms with Crippen molar-refractivity contribution in [1.82, 2.24) is 9.97 Å². The number of hydrogen-bond acceptors (Lipinski definition) is 6. The third-order valence-electron chi connectivity index (χ3n) is 9.36. The summed E-state index contributed by atoms with van der Waals surface area (Å²) in [6.07, 6.45) is 4.48. The lowest BCUT2D eigenvalue weighted by Crippen LogP contribution is -2.47. The zero-order chi connectivity index (χ0) is 33.1. The standard InChI is InChI=1S/C40H36ClN3O4/c1-47-40(25-30-9-5-6-10-34(30)27-11-13-31(41)14-12-27)18-21-44(22-19-40)32-15-16-35(38(46)37(45)28-7-3-2-4-8-28)36(24-32)48-33-23-29-17-20-42-39(29)43-26-33/h2-17,20,23-24,26,38,46H,18-19,21-22,25H2,1H3,(H,42,43). The number of H-pyrrole nitrogens is 1. The number of piperidine rings is 1. The number of pyridine rings is 1. The van der Waals surface area contributed by atoms with Crippen LogP contribution in [0.15, 0.2) is 122 Å². The van der Waals surface area contributed by atoms with E-state index in [0.29, 0.717) is 27.6 Å². The Morgan fingerprint density at radius 3 is 2.48 bits per heavy atom. The number of aromatic amines is 1. The highest BCUT2D eigenvalue weighted by atomic mass is 35.5. The molecule has 0 bridgehead atoms. The molecule has 1 aliphatic rings. The van der Waals surface area contributed by atoms with Gasteiger partial charge < -0.3 is 24.5 Å². The fourth-order valence-corrected chi connectivity index (χ4v) is 6.72. The van der Waals surface area contributed by atoms with Gasteiger partial charge in [-0.15, -0.1) is 0 Å². The van der Waals surface area contributed by atoms with Crippen LogP contribution < -0.4 is 9.64 Å². The summed E-state index contributed by atoms with van der Waals surface area (Å²) in [5.41, 5.74) is 5.74. The second-order valence-corrected chi connectivity index (χ2v) is 12.7. The van der Waals surface area contributed by atoms with E-state index in [1.165, 1.54) is 11.1 Å². The molecule has 7 rings (SSSR count). The molecule has 8 heteroatoms. The number of fused-ring (bicyclic) bond motifs is 1. The maximum absolute atomic E-state index is 13.3. The van der Waals surface area contributed by atoms with Crippen molar-refractivity contribution in [3.8, 4) is 22.6 Å². The number of rotatable bonds is 10. The maximum Gasteiger partial charge on any atom is 0.195 e. The van der Waals surface area contributed by atoms with Gasteiger partial charge in [-0.2, -0.15) is 0 Å². The first kappa shape index (κ1) is 31.6. The molecule has 48 heavy (non-hydrogen) atoms. The Bertz CT molecular complexity index is 2040. The Kier molecular flexibility index (Phi) is 9.00. The summed E-state index contributed by atoms with van der Waals surface area (Å²) < 4.78 is 12.7. The van der Waals surface area contributed by atoms with Gasteiger partial charge in [-0.1, -0.05) is 84.4 Å². The lowest BCUT2D eigenvalue weighted by atomic mass is 9.82. The van der Waals surface area contributed by atoms with Crippen LogP contribution in [0.25, 0.3) is 22.2 Å². The predicted octanol–water partition coefficient (Wildman–Crippen LogP) is 8.82. The molecule has 1 fully saturated rings. The Balaban J connectivity index is 1.14. The molecule has 1 aliphatic heterocycles. The molecule has 2 aromatic heterocycles. The van der Waals surface area contributed by atoms with Gasteiger partial charge in [-0.3, -0.25) is 4.79 Å². The average Bonchev–Trinajstić information content (AvgIpc) is 3.60. The van der Waals surface area contributed by atoms with Crippen LogP contribution in [0.4, 0.5) is 5.69 Å². The fraction of sp³-hybridized carbons (Fsp3) is 0.200. The van der Waals surface area contributed by atoms with Crippen LogP contribution in [0.1, 0.15) is 40.4 Å². The van der Waals surface area contributed by atoms with Gasteiger partial charge in [0.15, 0.2) is 5.78 Å². The fourth-order valence-electron chi connectivity index (χ4n) is 6.60. The number of hydrogen-bond donors (Lipinski definition) is 2. The molecule has 0 amide bonds. The number of Topliss-reactive ketones (excluding diaryl/α,β-unsaturated/α-hetero) is 1. The number of ketones is 1. The Hall–Kier alpha value is -4.95. The predicted molar refractivity (Wildman–Crippen MR) is 190 cm³/mol. The van der Waals surface area contributed by atoms with Gasteiger partial charge in [-0.25, -0.2) is 4.98 Å². The van der Waals surface area contributed by atoms with Crippen LogP contribution in [0.3, 0.4) is 0 Å². The normalized spacial score (nSPS) is 14.9. The second-order valence-electron chi connectivity index (χ2n) is 12.3. The molecule has 242 valence electrons. The van der Waals surface area contributed by atoms with E-state index in [2.05, 4.69) is 51.3 Å². The van der Waals surface area contributed by atoms with Crippen LogP contribution in [0.5, 0.6) is 11.5 Å². The number of nitrogens with zero attached hydrogens (tertiary/aromatic N) is 2. The summed E-state index contributed by atoms with van der Waals surface area (Å²) in [4.78, 5) is 23.2. The molecule has 0 spiro atoms. The Labute approximate surface area is 284 Å². The zero-order valence-corrected chi connectivity index (χ0v) is 27.4. The Morgan fingerprint density at radius 2 is 1.71 bits per heavy atom. The van der Waals surface area contributed by atoms with Crippen LogP contribution in [-0.4, -0.2) is 46.7 Å². The number of anilines is 1. The number of aromatic nitrogens is 2. The van der Waals surface area contributed by atoms with Crippen LogP contribution in [0.2, 0.25) is 5.02 Å². The van der Waals surface area contributed by atoms with Crippen LogP contribution in [0, 0.1) is 0 Å². The quantitative estimate of drug-likeness (QED) is 0.143. The van der Waals surface area contributed by atoms with Gasteiger partial charge in [-0.05, 0) is 59.9 Å². The summed E-state index contributed by atoms with van der Waals surface area (Å²) in [6, 6.07) is 34.7. The number of methoxy groups -OCH3 is 1. The number of aliphatic hydroxyl groups excluding tert-OH is 1. The summed E-state index contributed by atoms with van der Waals surface area (Å²) >= 11 is 6.17. The monoisotopic (exact) mass is 657 g/mol. The van der Waals surface area contributed by atoms with Gasteiger partial charge in [0.25, 0.3) is 0 Å². The van der Waals surface area contributed by atoms with E-state index >= 15 is 0 Å². The van der Waals surface area contributed by atoms with Gasteiger partial charge in [0.05, 0.1) is 11.8 Å².